The van der Waals surface area contributed by atoms with Gasteiger partial charge in [0.05, 0.1) is 5.41 Å². The highest BCUT2D eigenvalue weighted by Gasteiger charge is 2.71. The highest BCUT2D eigenvalue weighted by molar-refractivity contribution is 6.06. The van der Waals surface area contributed by atoms with Crippen LogP contribution in [0.2, 0.25) is 0 Å². The van der Waals surface area contributed by atoms with Crippen LogP contribution in [0.1, 0.15) is 113 Å². The number of pyridine rings is 1. The van der Waals surface area contributed by atoms with E-state index < -0.39 is 5.41 Å². The van der Waals surface area contributed by atoms with E-state index in [1.807, 2.05) is 35.2 Å². The molecule has 0 aromatic carbocycles. The van der Waals surface area contributed by atoms with Gasteiger partial charge in [0.25, 0.3) is 0 Å². The number of halogens is 1. The maximum Gasteiger partial charge on any atom is 0.316 e. The second-order valence-corrected chi connectivity index (χ2v) is 17.0. The summed E-state index contributed by atoms with van der Waals surface area (Å²) in [6.07, 6.45) is 12.2. The molecule has 0 spiro atoms. The molecular weight excluding hydrogens is 642 g/mol. The first-order chi connectivity index (χ1) is 21.1. The third-order valence-electron chi connectivity index (χ3n) is 14.4. The second-order valence-electron chi connectivity index (χ2n) is 17.0. The van der Waals surface area contributed by atoms with Gasteiger partial charge < -0.3 is 26.5 Å². The Morgan fingerprint density at radius 1 is 0.891 bits per heavy atom. The lowest BCUT2D eigenvalue weighted by molar-refractivity contribution is -0.698. The summed E-state index contributed by atoms with van der Waals surface area (Å²) < 4.78 is 14.0. The number of allylic oxidation sites excluding steroid dienone is 1. The summed E-state index contributed by atoms with van der Waals surface area (Å²) in [4.78, 5) is 40.1. The molecule has 0 saturated heterocycles. The van der Waals surface area contributed by atoms with Crippen LogP contribution in [0.3, 0.4) is 0 Å². The molecule has 46 heavy (non-hydrogen) atoms. The Balaban J connectivity index is 0.00000417. The Morgan fingerprint density at radius 3 is 2.24 bits per heavy atom. The lowest BCUT2D eigenvalue weighted by Gasteiger charge is -2.72. The Morgan fingerprint density at radius 2 is 1.59 bits per heavy atom. The van der Waals surface area contributed by atoms with E-state index >= 15 is 0 Å². The zero-order valence-electron chi connectivity index (χ0n) is 29.4. The number of esters is 2. The van der Waals surface area contributed by atoms with Crippen molar-refractivity contribution in [3.8, 4) is 0 Å². The molecule has 1 aromatic rings. The van der Waals surface area contributed by atoms with Crippen molar-refractivity contribution in [1.29, 1.82) is 0 Å². The fraction of sp³-hybridized carbons (Fsp3) is 0.744. The van der Waals surface area contributed by atoms with Crippen LogP contribution in [-0.2, 0) is 30.4 Å². The van der Waals surface area contributed by atoms with Crippen molar-refractivity contribution in [3.05, 3.63) is 41.7 Å². The first-order valence-corrected chi connectivity index (χ1v) is 17.7. The van der Waals surface area contributed by atoms with Crippen molar-refractivity contribution in [3.63, 3.8) is 0 Å². The second kappa shape index (κ2) is 12.1. The maximum absolute atomic E-state index is 14.2. The summed E-state index contributed by atoms with van der Waals surface area (Å²) in [6, 6.07) is 5.93. The molecule has 8 atom stereocenters. The van der Waals surface area contributed by atoms with E-state index in [0.29, 0.717) is 31.4 Å². The molecule has 0 aliphatic heterocycles. The van der Waals surface area contributed by atoms with Crippen LogP contribution in [-0.4, -0.2) is 30.4 Å². The summed E-state index contributed by atoms with van der Waals surface area (Å²) in [5, 5.41) is 0. The van der Waals surface area contributed by atoms with Crippen molar-refractivity contribution >= 4 is 17.7 Å². The Kier molecular flexibility index (Phi) is 9.32. The summed E-state index contributed by atoms with van der Waals surface area (Å²) in [5.74, 6) is 1.12. The highest BCUT2D eigenvalue weighted by Crippen LogP contribution is 2.76. The van der Waals surface area contributed by atoms with E-state index in [0.717, 1.165) is 56.1 Å². The topological polar surface area (TPSA) is 73.5 Å². The number of carbonyl (C=O) groups is 3. The normalized spacial score (nSPS) is 39.4. The number of ketones is 1. The molecule has 4 fully saturated rings. The molecule has 5 aliphatic rings. The number of carbonyl (C=O) groups excluding carboxylic acids is 3. The van der Waals surface area contributed by atoms with Crippen LogP contribution in [0.4, 0.5) is 0 Å². The van der Waals surface area contributed by atoms with Crippen molar-refractivity contribution in [2.24, 2.45) is 50.7 Å². The third-order valence-corrected chi connectivity index (χ3v) is 14.4. The van der Waals surface area contributed by atoms with Crippen LogP contribution in [0, 0.1) is 50.7 Å². The molecule has 6 rings (SSSR count). The van der Waals surface area contributed by atoms with Crippen molar-refractivity contribution < 1.29 is 45.4 Å². The van der Waals surface area contributed by atoms with Gasteiger partial charge in [-0.05, 0) is 102 Å². The summed E-state index contributed by atoms with van der Waals surface area (Å²) >= 11 is 0. The molecule has 0 N–H and O–H groups in total. The van der Waals surface area contributed by atoms with Crippen LogP contribution in [0.25, 0.3) is 0 Å². The van der Waals surface area contributed by atoms with Crippen molar-refractivity contribution in [1.82, 2.24) is 0 Å². The molecule has 7 heteroatoms. The highest BCUT2D eigenvalue weighted by atomic mass is 79.9. The molecular formula is C39H56BrNO5. The lowest BCUT2D eigenvalue weighted by atomic mass is 9.33. The van der Waals surface area contributed by atoms with Crippen LogP contribution >= 0.6 is 0 Å². The molecule has 0 amide bonds. The first-order valence-electron chi connectivity index (χ1n) is 17.7. The summed E-state index contributed by atoms with van der Waals surface area (Å²) in [7, 11) is 0. The van der Waals surface area contributed by atoms with Crippen molar-refractivity contribution in [2.45, 2.75) is 126 Å². The average molecular weight is 699 g/mol. The number of aromatic nitrogens is 1. The maximum atomic E-state index is 14.2. The minimum Gasteiger partial charge on any atom is -1.00 e. The average Bonchev–Trinajstić information content (AvgIpc) is 3.28. The Bertz CT molecular complexity index is 1400. The molecule has 0 radical (unpaired) electrons. The molecule has 4 saturated carbocycles. The molecule has 254 valence electrons. The SMILES string of the molecule is CC(=O)O[C@H]1CC[C@]2(C)[C@H]3CC[C@@H]4C5=C(C(C)C)C(=O)C[C@]5(C(=O)OCC[n+]5ccccc5)CC[C@@]4(C)[C@]3(C)CC[C@H]2C1(C)C.[Br-]. The van der Waals surface area contributed by atoms with Gasteiger partial charge >= 0.3 is 11.9 Å². The van der Waals surface area contributed by atoms with Gasteiger partial charge in [-0.2, -0.15) is 0 Å². The largest absolute Gasteiger partial charge is 1.00 e. The predicted molar refractivity (Wildman–Crippen MR) is 173 cm³/mol. The van der Waals surface area contributed by atoms with E-state index in [4.69, 9.17) is 9.47 Å². The van der Waals surface area contributed by atoms with Crippen LogP contribution in [0.15, 0.2) is 41.7 Å². The number of nitrogens with zero attached hydrogens (tertiary/aromatic N) is 1. The number of Topliss-reactive ketones (excluding diaryl/α,β-unsaturated/α-hetero) is 1. The van der Waals surface area contributed by atoms with Crippen LogP contribution < -0.4 is 21.5 Å². The summed E-state index contributed by atoms with van der Waals surface area (Å²) in [6.45, 7) is 19.0. The molecule has 6 nitrogen and oxygen atoms in total. The predicted octanol–water partition coefficient (Wildman–Crippen LogP) is 4.43. The fourth-order valence-corrected chi connectivity index (χ4v) is 12.2. The quantitative estimate of drug-likeness (QED) is 0.325. The van der Waals surface area contributed by atoms with Gasteiger partial charge in [-0.3, -0.25) is 14.4 Å². The third kappa shape index (κ3) is 5.06. The minimum atomic E-state index is -0.823. The van der Waals surface area contributed by atoms with Gasteiger partial charge in [0.15, 0.2) is 31.3 Å². The molecule has 1 heterocycles. The first kappa shape index (κ1) is 35.3. The van der Waals surface area contributed by atoms with E-state index in [-0.39, 0.29) is 80.7 Å². The Hall–Kier alpha value is -2.02. The minimum absolute atomic E-state index is 0. The molecule has 1 aromatic heterocycles. The number of rotatable bonds is 6. The zero-order chi connectivity index (χ0) is 32.6. The standard InChI is InChI=1S/C39H56NO5.BrH/c1-25(2)32-28(42)24-39(34(43)44-23-22-40-20-10-9-11-21-40)19-18-37(7)27(33(32)39)12-13-30-36(6)16-15-31(45-26(3)41)35(4,5)29(36)14-17-38(30,37)8;/h9-11,20-21,25,27,29-31H,12-19,22-24H2,1-8H3;1H/q+1;/p-1/t27-,29+,30-,31+,36+,37-,38-,39-;/m1./s1. The van der Waals surface area contributed by atoms with Gasteiger partial charge in [-0.15, -0.1) is 0 Å². The van der Waals surface area contributed by atoms with Gasteiger partial charge in [-0.25, -0.2) is 4.57 Å². The smallest absolute Gasteiger partial charge is 0.316 e. The molecule has 5 aliphatic carbocycles. The van der Waals surface area contributed by atoms with E-state index in [1.165, 1.54) is 0 Å². The number of hydrogen-bond donors (Lipinski definition) is 0. The fourth-order valence-electron chi connectivity index (χ4n) is 12.2. The van der Waals surface area contributed by atoms with E-state index in [9.17, 15) is 14.4 Å². The van der Waals surface area contributed by atoms with Crippen molar-refractivity contribution in [2.75, 3.05) is 6.61 Å². The zero-order valence-corrected chi connectivity index (χ0v) is 31.0. The van der Waals surface area contributed by atoms with Gasteiger partial charge in [0.1, 0.15) is 6.10 Å². The molecule has 0 unspecified atom stereocenters. The van der Waals surface area contributed by atoms with E-state index in [1.54, 1.807) is 6.92 Å². The van der Waals surface area contributed by atoms with Gasteiger partial charge in [0.2, 0.25) is 0 Å². The number of fused-ring (bicyclic) bond motifs is 7. The lowest BCUT2D eigenvalue weighted by Crippen LogP contribution is -3.00. The Labute approximate surface area is 287 Å². The molecule has 0 bridgehead atoms. The summed E-state index contributed by atoms with van der Waals surface area (Å²) in [5.41, 5.74) is 1.41. The van der Waals surface area contributed by atoms with Crippen LogP contribution in [0.5, 0.6) is 0 Å². The van der Waals surface area contributed by atoms with Gasteiger partial charge in [0, 0.05) is 30.9 Å². The number of hydrogen-bond acceptors (Lipinski definition) is 5. The number of ether oxygens (including phenoxy) is 2. The van der Waals surface area contributed by atoms with E-state index in [2.05, 4.69) is 48.5 Å². The van der Waals surface area contributed by atoms with Gasteiger partial charge in [-0.1, -0.05) is 54.5 Å². The monoisotopic (exact) mass is 697 g/mol.